The van der Waals surface area contributed by atoms with Crippen LogP contribution in [-0.2, 0) is 5.41 Å². The first-order valence-electron chi connectivity index (χ1n) is 5.91. The topological polar surface area (TPSA) is 55.0 Å². The summed E-state index contributed by atoms with van der Waals surface area (Å²) in [6.07, 6.45) is 0. The number of hydrogen-bond donors (Lipinski definition) is 1. The standard InChI is InChI=1S/C12H24N4S/c1-11(2,3)9-14-10(17-15-9)16(6)8-12(4,5)7-13/h7-8,13H2,1-6H3. The van der Waals surface area contributed by atoms with Gasteiger partial charge < -0.3 is 10.6 Å². The molecule has 1 aromatic heterocycles. The van der Waals surface area contributed by atoms with Crippen LogP contribution in [0.2, 0.25) is 0 Å². The largest absolute Gasteiger partial charge is 0.349 e. The first-order valence-corrected chi connectivity index (χ1v) is 6.68. The van der Waals surface area contributed by atoms with Gasteiger partial charge in [-0.2, -0.15) is 4.37 Å². The van der Waals surface area contributed by atoms with E-state index >= 15 is 0 Å². The molecular formula is C12H24N4S. The highest BCUT2D eigenvalue weighted by molar-refractivity contribution is 7.09. The summed E-state index contributed by atoms with van der Waals surface area (Å²) in [5, 5.41) is 0.969. The Morgan fingerprint density at radius 3 is 2.24 bits per heavy atom. The lowest BCUT2D eigenvalue weighted by atomic mass is 9.93. The maximum Gasteiger partial charge on any atom is 0.204 e. The molecule has 0 fully saturated rings. The number of hydrogen-bond acceptors (Lipinski definition) is 5. The Labute approximate surface area is 108 Å². The maximum atomic E-state index is 5.75. The Morgan fingerprint density at radius 1 is 1.24 bits per heavy atom. The fraction of sp³-hybridized carbons (Fsp3) is 0.833. The Balaban J connectivity index is 2.77. The average Bonchev–Trinajstić information content (AvgIpc) is 2.65. The van der Waals surface area contributed by atoms with Gasteiger partial charge in [0, 0.05) is 30.5 Å². The first kappa shape index (κ1) is 14.4. The Bertz CT molecular complexity index is 365. The Hall–Kier alpha value is -0.680. The van der Waals surface area contributed by atoms with Crippen LogP contribution in [0.3, 0.4) is 0 Å². The molecule has 1 aromatic rings. The molecule has 98 valence electrons. The molecule has 0 amide bonds. The van der Waals surface area contributed by atoms with Crippen LogP contribution in [0.5, 0.6) is 0 Å². The van der Waals surface area contributed by atoms with E-state index in [9.17, 15) is 0 Å². The van der Waals surface area contributed by atoms with Gasteiger partial charge in [-0.15, -0.1) is 0 Å². The molecule has 0 spiro atoms. The van der Waals surface area contributed by atoms with Crippen molar-refractivity contribution in [2.75, 3.05) is 25.0 Å². The molecule has 2 N–H and O–H groups in total. The summed E-state index contributed by atoms with van der Waals surface area (Å²) < 4.78 is 4.42. The second-order valence-corrected chi connectivity index (χ2v) is 7.11. The zero-order valence-electron chi connectivity index (χ0n) is 11.7. The quantitative estimate of drug-likeness (QED) is 0.898. The molecule has 0 atom stereocenters. The molecule has 1 rings (SSSR count). The monoisotopic (exact) mass is 256 g/mol. The van der Waals surface area contributed by atoms with Gasteiger partial charge in [0.15, 0.2) is 0 Å². The summed E-state index contributed by atoms with van der Waals surface area (Å²) in [5.41, 5.74) is 5.86. The summed E-state index contributed by atoms with van der Waals surface area (Å²) in [5.74, 6) is 0.912. The first-order chi connectivity index (χ1) is 7.65. The van der Waals surface area contributed by atoms with Crippen molar-refractivity contribution in [2.45, 2.75) is 40.0 Å². The van der Waals surface area contributed by atoms with Crippen LogP contribution in [0.25, 0.3) is 0 Å². The van der Waals surface area contributed by atoms with Crippen LogP contribution < -0.4 is 10.6 Å². The molecular weight excluding hydrogens is 232 g/mol. The van der Waals surface area contributed by atoms with Crippen LogP contribution in [-0.4, -0.2) is 29.5 Å². The molecule has 0 aliphatic carbocycles. The maximum absolute atomic E-state index is 5.75. The third-order valence-corrected chi connectivity index (χ3v) is 3.46. The Kier molecular flexibility index (Phi) is 4.15. The van der Waals surface area contributed by atoms with Crippen molar-refractivity contribution in [3.8, 4) is 0 Å². The van der Waals surface area contributed by atoms with E-state index in [4.69, 9.17) is 5.73 Å². The van der Waals surface area contributed by atoms with Crippen molar-refractivity contribution in [3.05, 3.63) is 5.82 Å². The summed E-state index contributed by atoms with van der Waals surface area (Å²) in [4.78, 5) is 6.73. The molecule has 0 aromatic carbocycles. The second kappa shape index (κ2) is 4.90. The number of nitrogens with zero attached hydrogens (tertiary/aromatic N) is 3. The minimum absolute atomic E-state index is 0.0129. The second-order valence-electron chi connectivity index (χ2n) is 6.37. The molecule has 0 bridgehead atoms. The lowest BCUT2D eigenvalue weighted by Gasteiger charge is -2.28. The predicted molar refractivity (Wildman–Crippen MR) is 74.7 cm³/mol. The zero-order valence-corrected chi connectivity index (χ0v) is 12.6. The fourth-order valence-electron chi connectivity index (χ4n) is 1.45. The predicted octanol–water partition coefficient (Wildman–Crippen LogP) is 2.26. The molecule has 0 radical (unpaired) electrons. The van der Waals surface area contributed by atoms with Crippen molar-refractivity contribution < 1.29 is 0 Å². The number of rotatable bonds is 4. The van der Waals surface area contributed by atoms with Gasteiger partial charge in [-0.1, -0.05) is 34.6 Å². The van der Waals surface area contributed by atoms with E-state index in [0.29, 0.717) is 6.54 Å². The molecule has 0 aliphatic rings. The molecule has 0 saturated heterocycles. The van der Waals surface area contributed by atoms with Gasteiger partial charge in [-0.3, -0.25) is 0 Å². The third kappa shape index (κ3) is 3.92. The molecule has 17 heavy (non-hydrogen) atoms. The summed E-state index contributed by atoms with van der Waals surface area (Å²) in [6.45, 7) is 12.3. The highest BCUT2D eigenvalue weighted by Gasteiger charge is 2.23. The van der Waals surface area contributed by atoms with Crippen molar-refractivity contribution in [3.63, 3.8) is 0 Å². The van der Waals surface area contributed by atoms with Crippen LogP contribution in [0.4, 0.5) is 5.13 Å². The van der Waals surface area contributed by atoms with Crippen LogP contribution >= 0.6 is 11.5 Å². The van der Waals surface area contributed by atoms with Crippen molar-refractivity contribution in [2.24, 2.45) is 11.1 Å². The van der Waals surface area contributed by atoms with Crippen molar-refractivity contribution in [1.29, 1.82) is 0 Å². The van der Waals surface area contributed by atoms with Gasteiger partial charge in [0.05, 0.1) is 0 Å². The molecule has 5 heteroatoms. The highest BCUT2D eigenvalue weighted by atomic mass is 32.1. The van der Waals surface area contributed by atoms with Crippen LogP contribution in [0.15, 0.2) is 0 Å². The SMILES string of the molecule is CN(CC(C)(C)CN)c1nc(C(C)(C)C)ns1. The lowest BCUT2D eigenvalue weighted by Crippen LogP contribution is -2.36. The summed E-state index contributed by atoms with van der Waals surface area (Å²) in [6, 6.07) is 0. The smallest absolute Gasteiger partial charge is 0.204 e. The third-order valence-electron chi connectivity index (χ3n) is 2.63. The highest BCUT2D eigenvalue weighted by Crippen LogP contribution is 2.26. The normalized spacial score (nSPS) is 12.9. The lowest BCUT2D eigenvalue weighted by molar-refractivity contribution is 0.385. The van der Waals surface area contributed by atoms with E-state index in [1.54, 1.807) is 0 Å². The van der Waals surface area contributed by atoms with Gasteiger partial charge in [0.2, 0.25) is 5.13 Å². The summed E-state index contributed by atoms with van der Waals surface area (Å²) >= 11 is 1.46. The number of aromatic nitrogens is 2. The van der Waals surface area contributed by atoms with Crippen molar-refractivity contribution in [1.82, 2.24) is 9.36 Å². The average molecular weight is 256 g/mol. The number of anilines is 1. The van der Waals surface area contributed by atoms with E-state index < -0.39 is 0 Å². The molecule has 0 saturated carbocycles. The van der Waals surface area contributed by atoms with E-state index in [1.807, 2.05) is 7.05 Å². The van der Waals surface area contributed by atoms with E-state index in [-0.39, 0.29) is 10.8 Å². The molecule has 0 unspecified atom stereocenters. The van der Waals surface area contributed by atoms with Gasteiger partial charge in [-0.05, 0) is 12.0 Å². The van der Waals surface area contributed by atoms with Gasteiger partial charge >= 0.3 is 0 Å². The van der Waals surface area contributed by atoms with E-state index in [2.05, 4.69) is 48.9 Å². The zero-order chi connectivity index (χ0) is 13.3. The van der Waals surface area contributed by atoms with Gasteiger partial charge in [-0.25, -0.2) is 4.98 Å². The van der Waals surface area contributed by atoms with Gasteiger partial charge in [0.1, 0.15) is 5.82 Å². The van der Waals surface area contributed by atoms with Gasteiger partial charge in [0.25, 0.3) is 0 Å². The van der Waals surface area contributed by atoms with Crippen LogP contribution in [0, 0.1) is 5.41 Å². The Morgan fingerprint density at radius 2 is 1.82 bits per heavy atom. The van der Waals surface area contributed by atoms with Crippen LogP contribution in [0.1, 0.15) is 40.4 Å². The minimum Gasteiger partial charge on any atom is -0.349 e. The van der Waals surface area contributed by atoms with E-state index in [0.717, 1.165) is 17.5 Å². The minimum atomic E-state index is 0.0129. The van der Waals surface area contributed by atoms with Crippen molar-refractivity contribution >= 4 is 16.7 Å². The molecule has 4 nitrogen and oxygen atoms in total. The van der Waals surface area contributed by atoms with E-state index in [1.165, 1.54) is 11.5 Å². The molecule has 0 aliphatic heterocycles. The number of nitrogens with two attached hydrogens (primary N) is 1. The fourth-order valence-corrected chi connectivity index (χ4v) is 2.26. The molecule has 1 heterocycles. The summed E-state index contributed by atoms with van der Waals surface area (Å²) in [7, 11) is 2.05.